The van der Waals surface area contributed by atoms with Crippen molar-refractivity contribution in [3.8, 4) is 0 Å². The normalized spacial score (nSPS) is 27.7. The molecule has 2 fully saturated rings. The van der Waals surface area contributed by atoms with Gasteiger partial charge in [-0.05, 0) is 49.2 Å². The van der Waals surface area contributed by atoms with E-state index in [2.05, 4.69) is 15.3 Å². The van der Waals surface area contributed by atoms with Gasteiger partial charge in [0.15, 0.2) is 4.77 Å². The predicted molar refractivity (Wildman–Crippen MR) is 77.6 cm³/mol. The summed E-state index contributed by atoms with van der Waals surface area (Å²) in [5.74, 6) is 2.26. The molecule has 5 nitrogen and oxygen atoms in total. The maximum atomic E-state index is 12.0. The molecule has 2 aliphatic rings. The van der Waals surface area contributed by atoms with Crippen LogP contribution >= 0.6 is 12.2 Å². The number of carbonyl (C=O) groups is 1. The van der Waals surface area contributed by atoms with E-state index in [-0.39, 0.29) is 16.2 Å². The Morgan fingerprint density at radius 2 is 2.20 bits per heavy atom. The smallest absolute Gasteiger partial charge is 0.251 e. The molecule has 0 spiro atoms. The van der Waals surface area contributed by atoms with Gasteiger partial charge in [-0.1, -0.05) is 6.42 Å². The van der Waals surface area contributed by atoms with Crippen molar-refractivity contribution in [1.82, 2.24) is 15.3 Å². The van der Waals surface area contributed by atoms with Gasteiger partial charge in [-0.2, -0.15) is 0 Å². The summed E-state index contributed by atoms with van der Waals surface area (Å²) >= 11 is 4.89. The van der Waals surface area contributed by atoms with Crippen LogP contribution in [0.25, 0.3) is 0 Å². The molecule has 0 aromatic carbocycles. The van der Waals surface area contributed by atoms with Crippen molar-refractivity contribution < 1.29 is 4.79 Å². The molecule has 3 atom stereocenters. The van der Waals surface area contributed by atoms with Crippen LogP contribution in [-0.2, 0) is 11.3 Å². The van der Waals surface area contributed by atoms with Gasteiger partial charge in [0.05, 0.1) is 6.54 Å². The van der Waals surface area contributed by atoms with Crippen molar-refractivity contribution >= 4 is 18.1 Å². The summed E-state index contributed by atoms with van der Waals surface area (Å²) < 4.78 is 0.287. The molecule has 1 heterocycles. The average molecular weight is 293 g/mol. The molecular weight excluding hydrogens is 274 g/mol. The number of amides is 1. The minimum Gasteiger partial charge on any atom is -0.351 e. The number of H-pyrrole nitrogens is 2. The minimum atomic E-state index is -0.244. The van der Waals surface area contributed by atoms with Crippen LogP contribution in [0.2, 0.25) is 0 Å². The Kier molecular flexibility index (Phi) is 3.74. The highest BCUT2D eigenvalue weighted by atomic mass is 32.1. The highest BCUT2D eigenvalue weighted by Crippen LogP contribution is 2.49. The van der Waals surface area contributed by atoms with E-state index >= 15 is 0 Å². The number of rotatable bonds is 4. The quantitative estimate of drug-likeness (QED) is 0.742. The second-order valence-electron chi connectivity index (χ2n) is 6.03. The van der Waals surface area contributed by atoms with E-state index in [0.717, 1.165) is 11.8 Å². The molecule has 1 amide bonds. The molecule has 1 aromatic rings. The maximum absolute atomic E-state index is 12.0. The SMILES string of the molecule is O=C(CC1CC2CCC1C2)NCc1cc(=O)[nH]c(=S)[nH]1. The molecule has 6 heteroatoms. The van der Waals surface area contributed by atoms with E-state index in [4.69, 9.17) is 12.2 Å². The molecule has 2 saturated carbocycles. The highest BCUT2D eigenvalue weighted by Gasteiger charge is 2.39. The minimum absolute atomic E-state index is 0.0714. The monoisotopic (exact) mass is 293 g/mol. The lowest BCUT2D eigenvalue weighted by atomic mass is 9.86. The van der Waals surface area contributed by atoms with Gasteiger partial charge in [0.2, 0.25) is 5.91 Å². The van der Waals surface area contributed by atoms with Gasteiger partial charge in [-0.25, -0.2) is 0 Å². The third kappa shape index (κ3) is 3.00. The molecule has 3 unspecified atom stereocenters. The lowest BCUT2D eigenvalue weighted by molar-refractivity contribution is -0.122. The fourth-order valence-corrected chi connectivity index (χ4v) is 3.98. The number of aromatic nitrogens is 2. The first kappa shape index (κ1) is 13.5. The van der Waals surface area contributed by atoms with Crippen molar-refractivity contribution in [2.24, 2.45) is 17.8 Å². The first-order valence-corrected chi connectivity index (χ1v) is 7.60. The van der Waals surface area contributed by atoms with Crippen molar-refractivity contribution in [1.29, 1.82) is 0 Å². The van der Waals surface area contributed by atoms with Crippen LogP contribution in [0.15, 0.2) is 10.9 Å². The zero-order valence-corrected chi connectivity index (χ0v) is 12.1. The fourth-order valence-electron chi connectivity index (χ4n) is 3.75. The van der Waals surface area contributed by atoms with Gasteiger partial charge in [-0.15, -0.1) is 0 Å². The fraction of sp³-hybridized carbons (Fsp3) is 0.643. The van der Waals surface area contributed by atoms with Gasteiger partial charge in [-0.3, -0.25) is 14.6 Å². The Labute approximate surface area is 122 Å². The molecule has 0 saturated heterocycles. The van der Waals surface area contributed by atoms with Crippen LogP contribution < -0.4 is 10.9 Å². The van der Waals surface area contributed by atoms with Gasteiger partial charge >= 0.3 is 0 Å². The summed E-state index contributed by atoms with van der Waals surface area (Å²) in [5, 5.41) is 2.87. The van der Waals surface area contributed by atoms with Crippen molar-refractivity contribution in [3.63, 3.8) is 0 Å². The molecule has 2 bridgehead atoms. The van der Waals surface area contributed by atoms with Gasteiger partial charge in [0, 0.05) is 18.2 Å². The molecule has 108 valence electrons. The first-order valence-electron chi connectivity index (χ1n) is 7.19. The van der Waals surface area contributed by atoms with Gasteiger partial charge in [0.25, 0.3) is 5.56 Å². The summed E-state index contributed by atoms with van der Waals surface area (Å²) in [4.78, 5) is 28.6. The van der Waals surface area contributed by atoms with E-state index in [1.165, 1.54) is 31.7 Å². The Balaban J connectivity index is 1.52. The number of hydrogen-bond donors (Lipinski definition) is 3. The summed E-state index contributed by atoms with van der Waals surface area (Å²) in [5.41, 5.74) is 0.395. The zero-order valence-electron chi connectivity index (χ0n) is 11.3. The van der Waals surface area contributed by atoms with Crippen LogP contribution in [0.3, 0.4) is 0 Å². The molecule has 3 rings (SSSR count). The average Bonchev–Trinajstić information content (AvgIpc) is 2.97. The molecule has 3 N–H and O–H groups in total. The maximum Gasteiger partial charge on any atom is 0.251 e. The van der Waals surface area contributed by atoms with Crippen LogP contribution in [-0.4, -0.2) is 15.9 Å². The topological polar surface area (TPSA) is 77.8 Å². The summed E-state index contributed by atoms with van der Waals surface area (Å²) in [7, 11) is 0. The zero-order chi connectivity index (χ0) is 14.1. The van der Waals surface area contributed by atoms with E-state index in [9.17, 15) is 9.59 Å². The van der Waals surface area contributed by atoms with Gasteiger partial charge < -0.3 is 10.3 Å². The van der Waals surface area contributed by atoms with E-state index in [1.807, 2.05) is 0 Å². The third-order valence-electron chi connectivity index (χ3n) is 4.62. The van der Waals surface area contributed by atoms with Crippen molar-refractivity contribution in [3.05, 3.63) is 26.9 Å². The van der Waals surface area contributed by atoms with Crippen LogP contribution in [0.4, 0.5) is 0 Å². The molecule has 1 aromatic heterocycles. The Hall–Kier alpha value is -1.43. The van der Waals surface area contributed by atoms with Crippen LogP contribution in [0, 0.1) is 22.5 Å². The number of carbonyl (C=O) groups excluding carboxylic acids is 1. The van der Waals surface area contributed by atoms with Crippen molar-refractivity contribution in [2.45, 2.75) is 38.6 Å². The summed E-state index contributed by atoms with van der Waals surface area (Å²) in [6.45, 7) is 0.327. The first-order chi connectivity index (χ1) is 9.60. The highest BCUT2D eigenvalue weighted by molar-refractivity contribution is 7.71. The molecular formula is C14H19N3O2S. The van der Waals surface area contributed by atoms with Gasteiger partial charge in [0.1, 0.15) is 0 Å². The standard InChI is InChI=1S/C14H19N3O2S/c18-12(5-10-4-8-1-2-9(10)3-8)15-7-11-6-13(19)17-14(20)16-11/h6,8-10H,1-5,7H2,(H,15,18)(H2,16,17,19,20). The Bertz CT molecular complexity index is 593. The van der Waals surface area contributed by atoms with E-state index in [0.29, 0.717) is 24.6 Å². The molecule has 2 aliphatic carbocycles. The largest absolute Gasteiger partial charge is 0.351 e. The predicted octanol–water partition coefficient (Wildman–Crippen LogP) is 1.87. The Morgan fingerprint density at radius 1 is 1.35 bits per heavy atom. The lowest BCUT2D eigenvalue weighted by Crippen LogP contribution is -2.27. The Morgan fingerprint density at radius 3 is 2.85 bits per heavy atom. The molecule has 0 radical (unpaired) electrons. The van der Waals surface area contributed by atoms with Crippen LogP contribution in [0.5, 0.6) is 0 Å². The number of aromatic amines is 2. The van der Waals surface area contributed by atoms with E-state index in [1.54, 1.807) is 0 Å². The number of fused-ring (bicyclic) bond motifs is 2. The van der Waals surface area contributed by atoms with E-state index < -0.39 is 0 Å². The lowest BCUT2D eigenvalue weighted by Gasteiger charge is -2.20. The second kappa shape index (κ2) is 5.52. The molecule has 20 heavy (non-hydrogen) atoms. The van der Waals surface area contributed by atoms with Crippen LogP contribution in [0.1, 0.15) is 37.8 Å². The molecule has 0 aliphatic heterocycles. The number of hydrogen-bond acceptors (Lipinski definition) is 3. The van der Waals surface area contributed by atoms with Crippen molar-refractivity contribution in [2.75, 3.05) is 0 Å². The summed E-state index contributed by atoms with van der Waals surface area (Å²) in [6.07, 6.45) is 5.80. The summed E-state index contributed by atoms with van der Waals surface area (Å²) in [6, 6.07) is 1.42. The second-order valence-corrected chi connectivity index (χ2v) is 6.44. The third-order valence-corrected chi connectivity index (χ3v) is 4.83. The number of nitrogens with one attached hydrogen (secondary N) is 3.